The van der Waals surface area contributed by atoms with Gasteiger partial charge in [-0.25, -0.2) is 4.79 Å². The SMILES string of the molecule is CC(C)(C)OC(=O)N1C[C@@H]2COC(C)(C)O[C@@H]2[C@H](I)C1. The van der Waals surface area contributed by atoms with Crippen molar-refractivity contribution in [2.75, 3.05) is 19.7 Å². The van der Waals surface area contributed by atoms with E-state index >= 15 is 0 Å². The van der Waals surface area contributed by atoms with Gasteiger partial charge in [0.2, 0.25) is 0 Å². The van der Waals surface area contributed by atoms with Crippen molar-refractivity contribution >= 4 is 28.7 Å². The second-order valence-electron chi connectivity index (χ2n) is 6.95. The molecule has 2 rings (SSSR count). The summed E-state index contributed by atoms with van der Waals surface area (Å²) in [5.74, 6) is -0.315. The smallest absolute Gasteiger partial charge is 0.410 e. The van der Waals surface area contributed by atoms with Crippen LogP contribution in [0.2, 0.25) is 0 Å². The van der Waals surface area contributed by atoms with Gasteiger partial charge >= 0.3 is 6.09 Å². The number of hydrogen-bond donors (Lipinski definition) is 0. The van der Waals surface area contributed by atoms with Crippen LogP contribution < -0.4 is 0 Å². The van der Waals surface area contributed by atoms with Gasteiger partial charge in [0.05, 0.1) is 16.6 Å². The number of carbonyl (C=O) groups is 1. The minimum Gasteiger partial charge on any atom is -0.444 e. The fraction of sp³-hybridized carbons (Fsp3) is 0.929. The predicted octanol–water partition coefficient (Wildman–Crippen LogP) is 2.81. The van der Waals surface area contributed by atoms with E-state index in [1.54, 1.807) is 4.90 Å². The van der Waals surface area contributed by atoms with Gasteiger partial charge in [-0.05, 0) is 34.6 Å². The quantitative estimate of drug-likeness (QED) is 0.466. The number of rotatable bonds is 0. The Bertz CT molecular complexity index is 380. The molecule has 0 bridgehead atoms. The zero-order valence-electron chi connectivity index (χ0n) is 12.8. The van der Waals surface area contributed by atoms with Crippen LogP contribution in [-0.2, 0) is 14.2 Å². The summed E-state index contributed by atoms with van der Waals surface area (Å²) < 4.78 is 17.4. The van der Waals surface area contributed by atoms with E-state index in [-0.39, 0.29) is 22.0 Å². The van der Waals surface area contributed by atoms with Crippen molar-refractivity contribution in [3.05, 3.63) is 0 Å². The Labute approximate surface area is 134 Å². The zero-order valence-corrected chi connectivity index (χ0v) is 15.0. The molecule has 3 atom stereocenters. The topological polar surface area (TPSA) is 48.0 Å². The van der Waals surface area contributed by atoms with Crippen LogP contribution in [0.25, 0.3) is 0 Å². The maximum absolute atomic E-state index is 12.2. The molecule has 116 valence electrons. The van der Waals surface area contributed by atoms with Gasteiger partial charge in [-0.2, -0.15) is 0 Å². The second-order valence-corrected chi connectivity index (χ2v) is 8.55. The third kappa shape index (κ3) is 3.98. The van der Waals surface area contributed by atoms with Crippen molar-refractivity contribution in [3.63, 3.8) is 0 Å². The Morgan fingerprint density at radius 2 is 2.00 bits per heavy atom. The second kappa shape index (κ2) is 5.61. The molecule has 2 aliphatic rings. The van der Waals surface area contributed by atoms with Crippen LogP contribution in [0.4, 0.5) is 4.79 Å². The lowest BCUT2D eigenvalue weighted by Gasteiger charge is -2.48. The highest BCUT2D eigenvalue weighted by molar-refractivity contribution is 14.1. The van der Waals surface area contributed by atoms with Gasteiger partial charge in [-0.1, -0.05) is 22.6 Å². The summed E-state index contributed by atoms with van der Waals surface area (Å²) in [6.45, 7) is 11.4. The first-order chi connectivity index (χ1) is 9.07. The Hall–Kier alpha value is -0.0800. The van der Waals surface area contributed by atoms with Crippen LogP contribution in [-0.4, -0.2) is 52.1 Å². The van der Waals surface area contributed by atoms with Crippen molar-refractivity contribution in [2.45, 2.75) is 56.0 Å². The molecule has 0 radical (unpaired) electrons. The number of alkyl halides is 1. The third-order valence-electron chi connectivity index (χ3n) is 3.39. The molecule has 20 heavy (non-hydrogen) atoms. The monoisotopic (exact) mass is 397 g/mol. The molecule has 2 saturated heterocycles. The van der Waals surface area contributed by atoms with Gasteiger partial charge in [0.25, 0.3) is 0 Å². The molecule has 0 aromatic heterocycles. The first-order valence-corrected chi connectivity index (χ1v) is 8.26. The third-order valence-corrected chi connectivity index (χ3v) is 4.49. The first kappa shape index (κ1) is 16.3. The number of carbonyl (C=O) groups excluding carboxylic acids is 1. The van der Waals surface area contributed by atoms with Crippen LogP contribution in [0.1, 0.15) is 34.6 Å². The van der Waals surface area contributed by atoms with Crippen LogP contribution in [0.5, 0.6) is 0 Å². The molecule has 1 amide bonds. The summed E-state index contributed by atoms with van der Waals surface area (Å²) >= 11 is 2.36. The Morgan fingerprint density at radius 1 is 1.35 bits per heavy atom. The molecule has 0 aliphatic carbocycles. The fourth-order valence-corrected chi connectivity index (χ4v) is 3.74. The summed E-state index contributed by atoms with van der Waals surface area (Å²) in [6, 6.07) is 0. The Kier molecular flexibility index (Phi) is 4.57. The summed E-state index contributed by atoms with van der Waals surface area (Å²) in [5.41, 5.74) is -0.462. The highest BCUT2D eigenvalue weighted by Crippen LogP contribution is 2.35. The minimum atomic E-state index is -0.529. The Balaban J connectivity index is 2.00. The molecule has 0 spiro atoms. The largest absolute Gasteiger partial charge is 0.444 e. The van der Waals surface area contributed by atoms with Crippen LogP contribution in [0, 0.1) is 5.92 Å². The fourth-order valence-electron chi connectivity index (χ4n) is 2.53. The van der Waals surface area contributed by atoms with E-state index in [1.165, 1.54) is 0 Å². The van der Waals surface area contributed by atoms with E-state index in [4.69, 9.17) is 14.2 Å². The lowest BCUT2D eigenvalue weighted by Crippen LogP contribution is -2.60. The van der Waals surface area contributed by atoms with E-state index < -0.39 is 11.4 Å². The molecule has 6 heteroatoms. The van der Waals surface area contributed by atoms with Gasteiger partial charge in [0.15, 0.2) is 5.79 Å². The molecule has 2 heterocycles. The normalized spacial score (nSPS) is 33.5. The first-order valence-electron chi connectivity index (χ1n) is 7.01. The molecule has 5 nitrogen and oxygen atoms in total. The molecule has 0 aromatic rings. The lowest BCUT2D eigenvalue weighted by molar-refractivity contribution is -0.297. The highest BCUT2D eigenvalue weighted by atomic mass is 127. The average Bonchev–Trinajstić information content (AvgIpc) is 2.27. The maximum atomic E-state index is 12.2. The van der Waals surface area contributed by atoms with Gasteiger partial charge in [0.1, 0.15) is 5.60 Å². The van der Waals surface area contributed by atoms with Gasteiger partial charge in [-0.3, -0.25) is 0 Å². The van der Waals surface area contributed by atoms with Gasteiger partial charge in [0, 0.05) is 19.0 Å². The molecule has 2 aliphatic heterocycles. The maximum Gasteiger partial charge on any atom is 0.410 e. The highest BCUT2D eigenvalue weighted by Gasteiger charge is 2.45. The van der Waals surface area contributed by atoms with E-state index in [0.29, 0.717) is 19.7 Å². The standard InChI is InChI=1S/C14H24INO4/c1-13(2,3)20-12(17)16-6-9-8-18-14(4,5)19-11(9)10(15)7-16/h9-11H,6-8H2,1-5H3/t9-,10-,11+/m1/s1. The number of halogens is 1. The molecule has 0 aromatic carbocycles. The molecular weight excluding hydrogens is 373 g/mol. The number of piperidine rings is 1. The lowest BCUT2D eigenvalue weighted by atomic mass is 9.94. The number of fused-ring (bicyclic) bond motifs is 1. The van der Waals surface area contributed by atoms with Crippen LogP contribution in [0.15, 0.2) is 0 Å². The zero-order chi connectivity index (χ0) is 15.1. The molecule has 0 saturated carbocycles. The molecular formula is C14H24INO4. The summed E-state index contributed by atoms with van der Waals surface area (Å²) in [5, 5.41) is 0. The molecule has 2 fully saturated rings. The summed E-state index contributed by atoms with van der Waals surface area (Å²) in [7, 11) is 0. The van der Waals surface area contributed by atoms with Crippen LogP contribution in [0.3, 0.4) is 0 Å². The van der Waals surface area contributed by atoms with Crippen molar-refractivity contribution in [2.24, 2.45) is 5.92 Å². The van der Waals surface area contributed by atoms with Crippen molar-refractivity contribution in [1.29, 1.82) is 0 Å². The van der Waals surface area contributed by atoms with Crippen molar-refractivity contribution < 1.29 is 19.0 Å². The van der Waals surface area contributed by atoms with Crippen molar-refractivity contribution in [3.8, 4) is 0 Å². The van der Waals surface area contributed by atoms with E-state index in [2.05, 4.69) is 22.6 Å². The van der Waals surface area contributed by atoms with Gasteiger partial charge < -0.3 is 19.1 Å². The minimum absolute atomic E-state index is 0.137. The average molecular weight is 397 g/mol. The van der Waals surface area contributed by atoms with E-state index in [0.717, 1.165) is 0 Å². The number of nitrogens with zero attached hydrogens (tertiary/aromatic N) is 1. The Morgan fingerprint density at radius 3 is 2.60 bits per heavy atom. The van der Waals surface area contributed by atoms with E-state index in [1.807, 2.05) is 34.6 Å². The van der Waals surface area contributed by atoms with Gasteiger partial charge in [-0.15, -0.1) is 0 Å². The number of hydrogen-bond acceptors (Lipinski definition) is 4. The number of likely N-dealkylation sites (tertiary alicyclic amines) is 1. The van der Waals surface area contributed by atoms with E-state index in [9.17, 15) is 4.79 Å². The summed E-state index contributed by atoms with van der Waals surface area (Å²) in [6.07, 6.45) is -0.111. The number of ether oxygens (including phenoxy) is 3. The summed E-state index contributed by atoms with van der Waals surface area (Å²) in [4.78, 5) is 14.0. The molecule has 0 unspecified atom stereocenters. The number of amides is 1. The van der Waals surface area contributed by atoms with Crippen LogP contribution >= 0.6 is 22.6 Å². The van der Waals surface area contributed by atoms with Crippen molar-refractivity contribution in [1.82, 2.24) is 4.90 Å². The molecule has 0 N–H and O–H groups in total. The predicted molar refractivity (Wildman–Crippen MR) is 84.0 cm³/mol.